The van der Waals surface area contributed by atoms with Crippen LogP contribution in [0.15, 0.2) is 30.0 Å². The maximum absolute atomic E-state index is 11.1. The van der Waals surface area contributed by atoms with Crippen molar-refractivity contribution in [3.05, 3.63) is 30.0 Å². The van der Waals surface area contributed by atoms with E-state index in [0.29, 0.717) is 0 Å². The van der Waals surface area contributed by atoms with Gasteiger partial charge in [0.15, 0.2) is 5.78 Å². The number of anilines is 1. The van der Waals surface area contributed by atoms with Crippen molar-refractivity contribution in [1.29, 1.82) is 5.26 Å². The predicted octanol–water partition coefficient (Wildman–Crippen LogP) is 1.38. The fraction of sp³-hybridized carbons (Fsp3) is 0.167. The number of carbonyl (C=O) groups excluding carboxylic acids is 1. The Bertz CT molecular complexity index is 677. The van der Waals surface area contributed by atoms with Crippen LogP contribution in [0.2, 0.25) is 0 Å². The van der Waals surface area contributed by atoms with Crippen LogP contribution in [0.25, 0.3) is 11.0 Å². The van der Waals surface area contributed by atoms with E-state index in [1.165, 1.54) is 17.9 Å². The number of ketones is 1. The Hall–Kier alpha value is -2.68. The molecule has 1 heterocycles. The minimum atomic E-state index is -0.273. The average molecular weight is 241 g/mol. The van der Waals surface area contributed by atoms with Gasteiger partial charge in [0.1, 0.15) is 22.7 Å². The van der Waals surface area contributed by atoms with E-state index in [4.69, 9.17) is 5.26 Å². The van der Waals surface area contributed by atoms with Crippen LogP contribution in [0.3, 0.4) is 0 Å². The second kappa shape index (κ2) is 4.67. The molecule has 0 amide bonds. The molecule has 18 heavy (non-hydrogen) atoms. The molecule has 0 aliphatic carbocycles. The summed E-state index contributed by atoms with van der Waals surface area (Å²) in [5.41, 5.74) is 2.36. The number of fused-ring (bicyclic) bond motifs is 1. The Morgan fingerprint density at radius 3 is 2.83 bits per heavy atom. The number of nitrogens with zero attached hydrogens (tertiary/aromatic N) is 4. The van der Waals surface area contributed by atoms with Crippen LogP contribution in [0.4, 0.5) is 5.69 Å². The van der Waals surface area contributed by atoms with Gasteiger partial charge in [0.25, 0.3) is 0 Å². The lowest BCUT2D eigenvalue weighted by molar-refractivity contribution is -0.113. The van der Waals surface area contributed by atoms with Crippen molar-refractivity contribution in [3.63, 3.8) is 0 Å². The first-order valence-corrected chi connectivity index (χ1v) is 5.29. The minimum absolute atomic E-state index is 0.0780. The summed E-state index contributed by atoms with van der Waals surface area (Å²) in [4.78, 5) is 12.5. The SMILES string of the molecule is CC(=O)/C(C#N)=C\Nc1ccc2nn(C)nc2c1. The van der Waals surface area contributed by atoms with Crippen molar-refractivity contribution >= 4 is 22.5 Å². The quantitative estimate of drug-likeness (QED) is 0.648. The Morgan fingerprint density at radius 2 is 2.17 bits per heavy atom. The zero-order chi connectivity index (χ0) is 13.1. The standard InChI is InChI=1S/C12H11N5O/c1-8(18)9(6-13)7-14-10-3-4-11-12(5-10)16-17(2)15-11/h3-5,7,14H,1-2H3/b9-7-. The molecule has 0 aliphatic rings. The molecule has 2 aromatic rings. The van der Waals surface area contributed by atoms with Gasteiger partial charge in [-0.2, -0.15) is 20.3 Å². The van der Waals surface area contributed by atoms with Gasteiger partial charge in [-0.1, -0.05) is 0 Å². The first kappa shape index (κ1) is 11.8. The average Bonchev–Trinajstić information content (AvgIpc) is 2.68. The third kappa shape index (κ3) is 2.35. The van der Waals surface area contributed by atoms with Crippen LogP contribution in [-0.2, 0) is 11.8 Å². The van der Waals surface area contributed by atoms with E-state index in [2.05, 4.69) is 15.5 Å². The molecule has 2 rings (SSSR count). The second-order valence-electron chi connectivity index (χ2n) is 3.76. The molecule has 6 heteroatoms. The van der Waals surface area contributed by atoms with Crippen LogP contribution >= 0.6 is 0 Å². The van der Waals surface area contributed by atoms with Crippen molar-refractivity contribution in [2.24, 2.45) is 7.05 Å². The van der Waals surface area contributed by atoms with Gasteiger partial charge in [-0.25, -0.2) is 0 Å². The van der Waals surface area contributed by atoms with Crippen LogP contribution < -0.4 is 5.32 Å². The number of benzene rings is 1. The van der Waals surface area contributed by atoms with Crippen molar-refractivity contribution in [1.82, 2.24) is 15.0 Å². The minimum Gasteiger partial charge on any atom is -0.360 e. The Kier molecular flexibility index (Phi) is 3.06. The van der Waals surface area contributed by atoms with Crippen molar-refractivity contribution < 1.29 is 4.79 Å². The number of nitrogens with one attached hydrogen (secondary N) is 1. The molecule has 0 saturated heterocycles. The van der Waals surface area contributed by atoms with Gasteiger partial charge >= 0.3 is 0 Å². The van der Waals surface area contributed by atoms with Gasteiger partial charge in [-0.05, 0) is 25.1 Å². The highest BCUT2D eigenvalue weighted by Crippen LogP contribution is 2.15. The Balaban J connectivity index is 2.27. The number of carbonyl (C=O) groups is 1. The summed E-state index contributed by atoms with van der Waals surface area (Å²) in [6, 6.07) is 7.26. The van der Waals surface area contributed by atoms with Gasteiger partial charge < -0.3 is 5.32 Å². The number of allylic oxidation sites excluding steroid dienone is 1. The van der Waals surface area contributed by atoms with E-state index < -0.39 is 0 Å². The van der Waals surface area contributed by atoms with Gasteiger partial charge in [0, 0.05) is 18.9 Å². The first-order valence-electron chi connectivity index (χ1n) is 5.29. The number of nitriles is 1. The molecule has 6 nitrogen and oxygen atoms in total. The molecule has 0 spiro atoms. The number of hydrogen-bond donors (Lipinski definition) is 1. The maximum Gasteiger partial charge on any atom is 0.171 e. The van der Waals surface area contributed by atoms with E-state index in [1.54, 1.807) is 13.1 Å². The van der Waals surface area contributed by atoms with Crippen molar-refractivity contribution in [2.45, 2.75) is 6.92 Å². The predicted molar refractivity (Wildman–Crippen MR) is 66.5 cm³/mol. The molecular weight excluding hydrogens is 230 g/mol. The van der Waals surface area contributed by atoms with Gasteiger partial charge in [-0.3, -0.25) is 4.79 Å². The zero-order valence-corrected chi connectivity index (χ0v) is 10.0. The van der Waals surface area contributed by atoms with Crippen LogP contribution in [0, 0.1) is 11.3 Å². The lowest BCUT2D eigenvalue weighted by atomic mass is 10.2. The van der Waals surface area contributed by atoms with E-state index in [-0.39, 0.29) is 11.4 Å². The number of hydrogen-bond acceptors (Lipinski definition) is 5. The Morgan fingerprint density at radius 1 is 1.44 bits per heavy atom. The van der Waals surface area contributed by atoms with E-state index >= 15 is 0 Å². The number of Topliss-reactive ketones (excluding diaryl/α,β-unsaturated/α-hetero) is 1. The van der Waals surface area contributed by atoms with E-state index in [1.807, 2.05) is 18.2 Å². The van der Waals surface area contributed by atoms with Crippen molar-refractivity contribution in [2.75, 3.05) is 5.32 Å². The van der Waals surface area contributed by atoms with Crippen molar-refractivity contribution in [3.8, 4) is 6.07 Å². The fourth-order valence-electron chi connectivity index (χ4n) is 1.48. The molecule has 0 fully saturated rings. The number of rotatable bonds is 3. The third-order valence-electron chi connectivity index (χ3n) is 2.36. The van der Waals surface area contributed by atoms with E-state index in [0.717, 1.165) is 16.7 Å². The molecule has 0 bridgehead atoms. The topological polar surface area (TPSA) is 83.6 Å². The van der Waals surface area contributed by atoms with E-state index in [9.17, 15) is 4.79 Å². The summed E-state index contributed by atoms with van der Waals surface area (Å²) in [7, 11) is 1.75. The smallest absolute Gasteiger partial charge is 0.171 e. The first-order chi connectivity index (χ1) is 8.60. The molecule has 0 unspecified atom stereocenters. The summed E-state index contributed by atoms with van der Waals surface area (Å²) < 4.78 is 0. The molecule has 90 valence electrons. The lowest BCUT2D eigenvalue weighted by Gasteiger charge is -2.00. The highest BCUT2D eigenvalue weighted by Gasteiger charge is 2.03. The van der Waals surface area contributed by atoms with Crippen LogP contribution in [0.1, 0.15) is 6.92 Å². The molecular formula is C12H11N5O. The maximum atomic E-state index is 11.1. The molecule has 0 aliphatic heterocycles. The number of aromatic nitrogens is 3. The third-order valence-corrected chi connectivity index (χ3v) is 2.36. The summed E-state index contributed by atoms with van der Waals surface area (Å²) >= 11 is 0. The summed E-state index contributed by atoms with van der Waals surface area (Å²) in [5, 5.41) is 20.0. The molecule has 0 saturated carbocycles. The van der Waals surface area contributed by atoms with Crippen LogP contribution in [0.5, 0.6) is 0 Å². The normalized spacial score (nSPS) is 11.3. The highest BCUT2D eigenvalue weighted by molar-refractivity contribution is 5.97. The van der Waals surface area contributed by atoms with Gasteiger partial charge in [0.2, 0.25) is 0 Å². The van der Waals surface area contributed by atoms with Crippen LogP contribution in [-0.4, -0.2) is 20.8 Å². The Labute approximate surface area is 104 Å². The largest absolute Gasteiger partial charge is 0.360 e. The fourth-order valence-corrected chi connectivity index (χ4v) is 1.48. The second-order valence-corrected chi connectivity index (χ2v) is 3.76. The van der Waals surface area contributed by atoms with Gasteiger partial charge in [0.05, 0.1) is 0 Å². The molecule has 1 aromatic carbocycles. The summed E-state index contributed by atoms with van der Waals surface area (Å²) in [5.74, 6) is -0.273. The highest BCUT2D eigenvalue weighted by atomic mass is 16.1. The summed E-state index contributed by atoms with van der Waals surface area (Å²) in [6.45, 7) is 1.35. The molecule has 1 N–H and O–H groups in total. The molecule has 1 aromatic heterocycles. The summed E-state index contributed by atoms with van der Waals surface area (Å²) in [6.07, 6.45) is 1.39. The number of aryl methyl sites for hydroxylation is 1. The molecule has 0 atom stereocenters. The van der Waals surface area contributed by atoms with Gasteiger partial charge in [-0.15, -0.1) is 0 Å². The lowest BCUT2D eigenvalue weighted by Crippen LogP contribution is -1.98. The molecule has 0 radical (unpaired) electrons. The zero-order valence-electron chi connectivity index (χ0n) is 10.0. The monoisotopic (exact) mass is 241 g/mol.